The molecule has 0 saturated heterocycles. The van der Waals surface area contributed by atoms with Crippen LogP contribution in [0.25, 0.3) is 0 Å². The molecule has 0 radical (unpaired) electrons. The molecule has 0 bridgehead atoms. The van der Waals surface area contributed by atoms with Crippen LogP contribution in [0.4, 0.5) is 0 Å². The van der Waals surface area contributed by atoms with Crippen LogP contribution in [0.1, 0.15) is 17.3 Å². The standard InChI is InChI=1S/C11H11ClO5/c1-6(11(14)15)17-10-7(5-13)3-8(12)4-9(10)16-2/h3-6H,1-2H3,(H,14,15). The lowest BCUT2D eigenvalue weighted by atomic mass is 10.2. The predicted molar refractivity (Wildman–Crippen MR) is 61.1 cm³/mol. The third-order valence-corrected chi connectivity index (χ3v) is 2.26. The van der Waals surface area contributed by atoms with Gasteiger partial charge in [-0.25, -0.2) is 4.79 Å². The fraction of sp³-hybridized carbons (Fsp3) is 0.273. The van der Waals surface area contributed by atoms with Crippen molar-refractivity contribution < 1.29 is 24.2 Å². The minimum Gasteiger partial charge on any atom is -0.493 e. The number of methoxy groups -OCH3 is 1. The molecule has 0 fully saturated rings. The molecule has 0 aliphatic rings. The summed E-state index contributed by atoms with van der Waals surface area (Å²) in [5.74, 6) is -0.853. The molecule has 1 aromatic rings. The van der Waals surface area contributed by atoms with Crippen molar-refractivity contribution in [2.45, 2.75) is 13.0 Å². The summed E-state index contributed by atoms with van der Waals surface area (Å²) in [6.45, 7) is 1.35. The van der Waals surface area contributed by atoms with Crippen molar-refractivity contribution in [1.29, 1.82) is 0 Å². The summed E-state index contributed by atoms with van der Waals surface area (Å²) in [6.07, 6.45) is -0.568. The smallest absolute Gasteiger partial charge is 0.344 e. The Labute approximate surface area is 103 Å². The highest BCUT2D eigenvalue weighted by atomic mass is 35.5. The number of carboxylic acids is 1. The van der Waals surface area contributed by atoms with Crippen LogP contribution >= 0.6 is 11.6 Å². The molecule has 1 unspecified atom stereocenters. The molecule has 1 aromatic carbocycles. The van der Waals surface area contributed by atoms with Gasteiger partial charge < -0.3 is 14.6 Å². The van der Waals surface area contributed by atoms with Crippen molar-refractivity contribution in [2.24, 2.45) is 0 Å². The van der Waals surface area contributed by atoms with Crippen molar-refractivity contribution in [3.63, 3.8) is 0 Å². The van der Waals surface area contributed by atoms with Crippen LogP contribution in [-0.2, 0) is 4.79 Å². The van der Waals surface area contributed by atoms with E-state index in [2.05, 4.69) is 0 Å². The van der Waals surface area contributed by atoms with Crippen molar-refractivity contribution in [3.05, 3.63) is 22.7 Å². The Kier molecular flexibility index (Phi) is 4.34. The number of carbonyl (C=O) groups is 2. The number of hydrogen-bond donors (Lipinski definition) is 1. The Balaban J connectivity index is 3.19. The van der Waals surface area contributed by atoms with Gasteiger partial charge in [0.15, 0.2) is 23.9 Å². The van der Waals surface area contributed by atoms with E-state index in [0.29, 0.717) is 11.3 Å². The third kappa shape index (κ3) is 3.10. The first-order valence-corrected chi connectivity index (χ1v) is 5.09. The average molecular weight is 259 g/mol. The van der Waals surface area contributed by atoms with E-state index in [0.717, 1.165) is 0 Å². The number of rotatable bonds is 5. The van der Waals surface area contributed by atoms with Gasteiger partial charge in [0, 0.05) is 11.1 Å². The average Bonchev–Trinajstić information content (AvgIpc) is 2.30. The molecule has 1 atom stereocenters. The maximum atomic E-state index is 10.9. The molecule has 92 valence electrons. The first kappa shape index (κ1) is 13.3. The van der Waals surface area contributed by atoms with Crippen molar-refractivity contribution in [3.8, 4) is 11.5 Å². The number of hydrogen-bond acceptors (Lipinski definition) is 4. The maximum absolute atomic E-state index is 10.9. The number of benzene rings is 1. The van der Waals surface area contributed by atoms with Gasteiger partial charge in [0.25, 0.3) is 0 Å². The van der Waals surface area contributed by atoms with Crippen LogP contribution in [0.15, 0.2) is 12.1 Å². The number of carbonyl (C=O) groups excluding carboxylic acids is 1. The zero-order chi connectivity index (χ0) is 13.0. The normalized spacial score (nSPS) is 11.7. The van der Waals surface area contributed by atoms with E-state index in [1.54, 1.807) is 0 Å². The van der Waals surface area contributed by atoms with E-state index in [9.17, 15) is 9.59 Å². The SMILES string of the molecule is COc1cc(Cl)cc(C=O)c1OC(C)C(=O)O. The molecule has 17 heavy (non-hydrogen) atoms. The molecule has 5 nitrogen and oxygen atoms in total. The first-order chi connectivity index (χ1) is 7.99. The van der Waals surface area contributed by atoms with Crippen LogP contribution in [0.5, 0.6) is 11.5 Å². The second-order valence-corrected chi connectivity index (χ2v) is 3.68. The monoisotopic (exact) mass is 258 g/mol. The van der Waals surface area contributed by atoms with Crippen LogP contribution in [0.2, 0.25) is 5.02 Å². The van der Waals surface area contributed by atoms with E-state index in [4.69, 9.17) is 26.2 Å². The molecule has 0 aliphatic carbocycles. The van der Waals surface area contributed by atoms with Crippen molar-refractivity contribution in [2.75, 3.05) is 7.11 Å². The van der Waals surface area contributed by atoms with Gasteiger partial charge in [0.1, 0.15) is 0 Å². The quantitative estimate of drug-likeness (QED) is 0.818. The Morgan fingerprint density at radius 2 is 2.18 bits per heavy atom. The summed E-state index contributed by atoms with van der Waals surface area (Å²) in [6, 6.07) is 2.82. The summed E-state index contributed by atoms with van der Waals surface area (Å²) in [7, 11) is 1.37. The molecule has 6 heteroatoms. The number of ether oxygens (including phenoxy) is 2. The first-order valence-electron chi connectivity index (χ1n) is 4.71. The van der Waals surface area contributed by atoms with Crippen LogP contribution in [-0.4, -0.2) is 30.6 Å². The van der Waals surface area contributed by atoms with Gasteiger partial charge in [-0.1, -0.05) is 11.6 Å². The topological polar surface area (TPSA) is 72.8 Å². The maximum Gasteiger partial charge on any atom is 0.344 e. The Morgan fingerprint density at radius 3 is 2.65 bits per heavy atom. The Morgan fingerprint density at radius 1 is 1.53 bits per heavy atom. The minimum absolute atomic E-state index is 0.0711. The minimum atomic E-state index is -1.14. The Bertz CT molecular complexity index is 444. The van der Waals surface area contributed by atoms with E-state index >= 15 is 0 Å². The molecular weight excluding hydrogens is 248 g/mol. The number of carboxylic acid groups (broad SMARTS) is 1. The van der Waals surface area contributed by atoms with Gasteiger partial charge >= 0.3 is 5.97 Å². The summed E-state index contributed by atoms with van der Waals surface area (Å²) in [5, 5.41) is 9.05. The zero-order valence-corrected chi connectivity index (χ0v) is 10.0. The molecule has 0 spiro atoms. The van der Waals surface area contributed by atoms with Gasteiger partial charge in [0.2, 0.25) is 0 Å². The summed E-state index contributed by atoms with van der Waals surface area (Å²) in [4.78, 5) is 21.5. The number of halogens is 1. The van der Waals surface area contributed by atoms with Gasteiger partial charge in [-0.15, -0.1) is 0 Å². The second-order valence-electron chi connectivity index (χ2n) is 3.24. The molecule has 0 heterocycles. The van der Waals surface area contributed by atoms with Gasteiger partial charge in [-0.2, -0.15) is 0 Å². The van der Waals surface area contributed by atoms with Crippen LogP contribution in [0.3, 0.4) is 0 Å². The highest BCUT2D eigenvalue weighted by molar-refractivity contribution is 6.31. The molecule has 1 rings (SSSR count). The van der Waals surface area contributed by atoms with E-state index < -0.39 is 12.1 Å². The van der Waals surface area contributed by atoms with E-state index in [1.807, 2.05) is 0 Å². The molecule has 0 aliphatic heterocycles. The van der Waals surface area contributed by atoms with Gasteiger partial charge in [-0.3, -0.25) is 4.79 Å². The number of aldehydes is 1. The lowest BCUT2D eigenvalue weighted by Gasteiger charge is -2.15. The molecule has 0 saturated carbocycles. The van der Waals surface area contributed by atoms with E-state index in [1.165, 1.54) is 26.2 Å². The molecular formula is C11H11ClO5. The molecule has 0 amide bonds. The third-order valence-electron chi connectivity index (χ3n) is 2.04. The van der Waals surface area contributed by atoms with E-state index in [-0.39, 0.29) is 17.1 Å². The van der Waals surface area contributed by atoms with Crippen molar-refractivity contribution >= 4 is 23.9 Å². The lowest BCUT2D eigenvalue weighted by molar-refractivity contribution is -0.144. The fourth-order valence-corrected chi connectivity index (χ4v) is 1.40. The van der Waals surface area contributed by atoms with Gasteiger partial charge in [-0.05, 0) is 13.0 Å². The second kappa shape index (κ2) is 5.54. The number of aliphatic carboxylic acids is 1. The summed E-state index contributed by atoms with van der Waals surface area (Å²) >= 11 is 5.77. The largest absolute Gasteiger partial charge is 0.493 e. The highest BCUT2D eigenvalue weighted by Crippen LogP contribution is 2.34. The summed E-state index contributed by atoms with van der Waals surface area (Å²) < 4.78 is 10.1. The zero-order valence-electron chi connectivity index (χ0n) is 9.27. The van der Waals surface area contributed by atoms with Gasteiger partial charge in [0.05, 0.1) is 12.7 Å². The molecule has 0 aromatic heterocycles. The summed E-state index contributed by atoms with van der Waals surface area (Å²) in [5.41, 5.74) is 0.141. The lowest BCUT2D eigenvalue weighted by Crippen LogP contribution is -2.23. The predicted octanol–water partition coefficient (Wildman–Crippen LogP) is 2.01. The molecule has 1 N–H and O–H groups in total. The van der Waals surface area contributed by atoms with Crippen LogP contribution < -0.4 is 9.47 Å². The fourth-order valence-electron chi connectivity index (χ4n) is 1.18. The van der Waals surface area contributed by atoms with Crippen molar-refractivity contribution in [1.82, 2.24) is 0 Å². The Hall–Kier alpha value is -1.75. The highest BCUT2D eigenvalue weighted by Gasteiger charge is 2.19. The van der Waals surface area contributed by atoms with Crippen LogP contribution in [0, 0.1) is 0 Å².